The molecule has 1 aliphatic heterocycles. The van der Waals surface area contributed by atoms with Crippen LogP contribution < -0.4 is 15.4 Å². The van der Waals surface area contributed by atoms with Gasteiger partial charge < -0.3 is 15.4 Å². The predicted molar refractivity (Wildman–Crippen MR) is 100.0 cm³/mol. The monoisotopic (exact) mass is 414 g/mol. The Bertz CT molecular complexity index is 810. The molecule has 1 heterocycles. The Hall–Kier alpha value is -2.19. The third-order valence-corrected chi connectivity index (χ3v) is 5.17. The van der Waals surface area contributed by atoms with Crippen molar-refractivity contribution >= 4 is 0 Å². The van der Waals surface area contributed by atoms with Crippen LogP contribution in [0.25, 0.3) is 0 Å². The van der Waals surface area contributed by atoms with Gasteiger partial charge in [-0.15, -0.1) is 0 Å². The van der Waals surface area contributed by atoms with Crippen molar-refractivity contribution in [2.45, 2.75) is 43.6 Å². The van der Waals surface area contributed by atoms with Crippen molar-refractivity contribution in [2.75, 3.05) is 13.7 Å². The van der Waals surface area contributed by atoms with Gasteiger partial charge in [-0.25, -0.2) is 0 Å². The molecule has 2 atom stereocenters. The van der Waals surface area contributed by atoms with Crippen LogP contribution in [0.1, 0.15) is 35.6 Å². The Morgan fingerprint density at radius 2 is 1.79 bits per heavy atom. The summed E-state index contributed by atoms with van der Waals surface area (Å²) >= 11 is 0. The summed E-state index contributed by atoms with van der Waals surface area (Å²) in [6, 6.07) is 12.6. The second kappa shape index (κ2) is 8.67. The largest absolute Gasteiger partial charge is 0.496 e. The van der Waals surface area contributed by atoms with E-state index in [-0.39, 0.29) is 29.9 Å². The molecular formula is C21H23F5N2O. The van der Waals surface area contributed by atoms with Gasteiger partial charge in [0, 0.05) is 29.8 Å². The molecule has 3 nitrogen and oxygen atoms in total. The first-order valence-corrected chi connectivity index (χ1v) is 9.37. The molecule has 1 fully saturated rings. The van der Waals surface area contributed by atoms with Gasteiger partial charge in [0.2, 0.25) is 0 Å². The summed E-state index contributed by atoms with van der Waals surface area (Å²) < 4.78 is 70.9. The zero-order valence-electron chi connectivity index (χ0n) is 15.9. The molecule has 1 aliphatic rings. The summed E-state index contributed by atoms with van der Waals surface area (Å²) in [6.45, 7) is 0.967. The van der Waals surface area contributed by atoms with Crippen LogP contribution in [-0.4, -0.2) is 25.9 Å². The zero-order valence-corrected chi connectivity index (χ0v) is 15.9. The Kier molecular flexibility index (Phi) is 6.43. The number of rotatable bonds is 6. The van der Waals surface area contributed by atoms with Crippen LogP contribution in [0.3, 0.4) is 0 Å². The van der Waals surface area contributed by atoms with E-state index in [9.17, 15) is 22.0 Å². The van der Waals surface area contributed by atoms with Crippen molar-refractivity contribution in [3.8, 4) is 5.75 Å². The maximum Gasteiger partial charge on any atom is 0.458 e. The van der Waals surface area contributed by atoms with Crippen LogP contribution in [-0.2, 0) is 12.5 Å². The van der Waals surface area contributed by atoms with Crippen molar-refractivity contribution in [3.63, 3.8) is 0 Å². The Balaban J connectivity index is 1.81. The minimum Gasteiger partial charge on any atom is -0.496 e. The second-order valence-corrected chi connectivity index (χ2v) is 7.07. The standard InChI is InChI=1S/C21H23F5N2O/c1-29-18-10-9-16(20(22,23)21(24,25)26)12-15(18)13-28-17-8-5-11-27-19(17)14-6-3-2-4-7-14/h2-4,6-7,9-10,12,17,19,27-28H,5,8,11,13H2,1H3. The van der Waals surface area contributed by atoms with Crippen LogP contribution >= 0.6 is 0 Å². The van der Waals surface area contributed by atoms with Crippen LogP contribution in [0.5, 0.6) is 5.75 Å². The van der Waals surface area contributed by atoms with Crippen molar-refractivity contribution in [3.05, 3.63) is 65.2 Å². The highest BCUT2D eigenvalue weighted by Gasteiger charge is 2.58. The van der Waals surface area contributed by atoms with Gasteiger partial charge in [0.1, 0.15) is 5.75 Å². The molecule has 0 bridgehead atoms. The molecule has 0 aliphatic carbocycles. The fourth-order valence-electron chi connectivity index (χ4n) is 3.64. The number of methoxy groups -OCH3 is 1. The molecule has 2 aromatic carbocycles. The third-order valence-electron chi connectivity index (χ3n) is 5.17. The van der Waals surface area contributed by atoms with Gasteiger partial charge in [-0.05, 0) is 43.1 Å². The van der Waals surface area contributed by atoms with Crippen molar-refractivity contribution in [1.29, 1.82) is 0 Å². The molecule has 29 heavy (non-hydrogen) atoms. The van der Waals surface area contributed by atoms with Gasteiger partial charge in [0.25, 0.3) is 0 Å². The lowest BCUT2D eigenvalue weighted by Gasteiger charge is -2.34. The highest BCUT2D eigenvalue weighted by molar-refractivity contribution is 5.39. The fraction of sp³-hybridized carbons (Fsp3) is 0.429. The molecule has 3 rings (SSSR count). The molecule has 0 amide bonds. The highest BCUT2D eigenvalue weighted by Crippen LogP contribution is 2.44. The van der Waals surface area contributed by atoms with Gasteiger partial charge in [0.15, 0.2) is 0 Å². The van der Waals surface area contributed by atoms with Gasteiger partial charge in [0.05, 0.1) is 7.11 Å². The number of benzene rings is 2. The normalized spacial score (nSPS) is 20.5. The molecule has 158 valence electrons. The SMILES string of the molecule is COc1ccc(C(F)(F)C(F)(F)F)cc1CNC1CCCNC1c1ccccc1. The molecule has 1 saturated heterocycles. The molecule has 0 aromatic heterocycles. The lowest BCUT2D eigenvalue weighted by Crippen LogP contribution is -2.45. The first kappa shape index (κ1) is 21.5. The van der Waals surface area contributed by atoms with Crippen molar-refractivity contribution < 1.29 is 26.7 Å². The van der Waals surface area contributed by atoms with E-state index in [1.54, 1.807) is 0 Å². The topological polar surface area (TPSA) is 33.3 Å². The highest BCUT2D eigenvalue weighted by atomic mass is 19.4. The molecule has 2 unspecified atom stereocenters. The quantitative estimate of drug-likeness (QED) is 0.658. The van der Waals surface area contributed by atoms with Gasteiger partial charge in [-0.2, -0.15) is 22.0 Å². The minimum atomic E-state index is -5.65. The molecule has 0 spiro atoms. The third kappa shape index (κ3) is 4.70. The van der Waals surface area contributed by atoms with Crippen LogP contribution in [0.2, 0.25) is 0 Å². The average Bonchev–Trinajstić information content (AvgIpc) is 2.72. The zero-order chi connectivity index (χ0) is 21.1. The number of nitrogens with one attached hydrogen (secondary N) is 2. The van der Waals surface area contributed by atoms with Gasteiger partial charge in [-0.1, -0.05) is 30.3 Å². The average molecular weight is 414 g/mol. The minimum absolute atomic E-state index is 0.00244. The van der Waals surface area contributed by atoms with E-state index in [4.69, 9.17) is 4.74 Å². The van der Waals surface area contributed by atoms with Crippen LogP contribution in [0, 0.1) is 0 Å². The summed E-state index contributed by atoms with van der Waals surface area (Å²) in [5.41, 5.74) is 0.254. The molecule has 2 N–H and O–H groups in total. The van der Waals surface area contributed by atoms with Crippen molar-refractivity contribution in [2.24, 2.45) is 0 Å². The van der Waals surface area contributed by atoms with E-state index in [0.29, 0.717) is 0 Å². The van der Waals surface area contributed by atoms with Crippen molar-refractivity contribution in [1.82, 2.24) is 10.6 Å². The smallest absolute Gasteiger partial charge is 0.458 e. The lowest BCUT2D eigenvalue weighted by molar-refractivity contribution is -0.289. The number of halogens is 5. The molecule has 0 radical (unpaired) electrons. The first-order valence-electron chi connectivity index (χ1n) is 9.37. The maximum absolute atomic E-state index is 13.8. The number of piperidine rings is 1. The molecule has 8 heteroatoms. The number of hydrogen-bond donors (Lipinski definition) is 2. The fourth-order valence-corrected chi connectivity index (χ4v) is 3.64. The summed E-state index contributed by atoms with van der Waals surface area (Å²) in [4.78, 5) is 0. The summed E-state index contributed by atoms with van der Waals surface area (Å²) in [7, 11) is 1.36. The number of hydrogen-bond acceptors (Lipinski definition) is 3. The van der Waals surface area contributed by atoms with Crippen LogP contribution in [0.15, 0.2) is 48.5 Å². The summed E-state index contributed by atoms with van der Waals surface area (Å²) in [6.07, 6.45) is -3.87. The van der Waals surface area contributed by atoms with E-state index >= 15 is 0 Å². The van der Waals surface area contributed by atoms with E-state index < -0.39 is 17.7 Å². The second-order valence-electron chi connectivity index (χ2n) is 7.07. The molecule has 2 aromatic rings. The van der Waals surface area contributed by atoms with E-state index in [0.717, 1.165) is 43.1 Å². The van der Waals surface area contributed by atoms with Gasteiger partial charge >= 0.3 is 12.1 Å². The predicted octanol–water partition coefficient (Wildman–Crippen LogP) is 4.93. The lowest BCUT2D eigenvalue weighted by atomic mass is 9.92. The van der Waals surface area contributed by atoms with E-state index in [1.807, 2.05) is 30.3 Å². The van der Waals surface area contributed by atoms with Gasteiger partial charge in [-0.3, -0.25) is 0 Å². The first-order chi connectivity index (χ1) is 13.7. The van der Waals surface area contributed by atoms with E-state index in [1.165, 1.54) is 7.11 Å². The van der Waals surface area contributed by atoms with Crippen LogP contribution in [0.4, 0.5) is 22.0 Å². The molecular weight excluding hydrogens is 391 g/mol. The Morgan fingerprint density at radius 1 is 1.07 bits per heavy atom. The Labute approximate surface area is 166 Å². The number of ether oxygens (including phenoxy) is 1. The maximum atomic E-state index is 13.8. The molecule has 0 saturated carbocycles. The summed E-state index contributed by atoms with van der Waals surface area (Å²) in [5, 5.41) is 6.75. The summed E-state index contributed by atoms with van der Waals surface area (Å²) in [5.74, 6) is -4.66. The Morgan fingerprint density at radius 3 is 2.45 bits per heavy atom. The van der Waals surface area contributed by atoms with E-state index in [2.05, 4.69) is 10.6 Å². The number of alkyl halides is 5.